The minimum absolute atomic E-state index is 0.660. The van der Waals surface area contributed by atoms with E-state index in [-0.39, 0.29) is 0 Å². The van der Waals surface area contributed by atoms with Crippen LogP contribution in [0.1, 0.15) is 11.1 Å². The summed E-state index contributed by atoms with van der Waals surface area (Å²) in [5.41, 5.74) is 10.8. The molecule has 0 N–H and O–H groups in total. The maximum absolute atomic E-state index is 7.99. The fourth-order valence-corrected chi connectivity index (χ4v) is 5.35. The van der Waals surface area contributed by atoms with Crippen LogP contribution in [0.3, 0.4) is 0 Å². The molecule has 0 aliphatic rings. The highest BCUT2D eigenvalue weighted by Gasteiger charge is 2.25. The summed E-state index contributed by atoms with van der Waals surface area (Å²) < 4.78 is 4.57. The highest BCUT2D eigenvalue weighted by Crippen LogP contribution is 2.45. The average molecular weight is 465 g/mol. The van der Waals surface area contributed by atoms with Crippen molar-refractivity contribution in [1.82, 2.24) is 4.57 Å². The minimum Gasteiger partial charge on any atom is -0.309 e. The lowest BCUT2D eigenvalue weighted by atomic mass is 9.98. The Kier molecular flexibility index (Phi) is 5.16. The van der Waals surface area contributed by atoms with Crippen LogP contribution in [0.25, 0.3) is 54.7 Å². The Balaban J connectivity index is 1.91. The van der Waals surface area contributed by atoms with Crippen LogP contribution in [0.15, 0.2) is 103 Å². The van der Waals surface area contributed by atoms with Gasteiger partial charge in [0, 0.05) is 34.2 Å². The smallest absolute Gasteiger partial charge is 0.214 e. The van der Waals surface area contributed by atoms with Crippen LogP contribution in [0.2, 0.25) is 0 Å². The summed E-state index contributed by atoms with van der Waals surface area (Å²) >= 11 is 0. The number of benzene rings is 4. The third-order valence-corrected chi connectivity index (χ3v) is 7.04. The molecule has 0 unspecified atom stereocenters. The predicted octanol–water partition coefficient (Wildman–Crippen LogP) is 8.11. The topological polar surface area (TPSA) is 13.2 Å². The summed E-state index contributed by atoms with van der Waals surface area (Å²) in [4.78, 5) is 3.96. The van der Waals surface area contributed by atoms with E-state index in [1.165, 1.54) is 27.8 Å². The monoisotopic (exact) mass is 464 g/mol. The normalized spacial score (nSPS) is 11.2. The fraction of sp³-hybridized carbons (Fsp3) is 0.0909. The molecule has 0 spiro atoms. The Bertz CT molecular complexity index is 1800. The largest absolute Gasteiger partial charge is 0.309 e. The molecule has 6 rings (SSSR count). The van der Waals surface area contributed by atoms with Gasteiger partial charge in [0.2, 0.25) is 5.69 Å². The van der Waals surface area contributed by atoms with E-state index in [1.807, 2.05) is 30.3 Å². The standard InChI is InChI=1S/C33H26N3/c1-22-19-20-35(4)29(21-22)30-23(2)15-16-26-27-17-18-28(34-3)31(24-11-7-5-8-12-24)33(27)36(32(26)30)25-13-9-6-10-14-25/h5-21H,1-2,4H3/q+1. The average Bonchev–Trinajstić information content (AvgIpc) is 3.25. The van der Waals surface area contributed by atoms with Crippen LogP contribution in [0.5, 0.6) is 0 Å². The highest BCUT2D eigenvalue weighted by atomic mass is 15.0. The van der Waals surface area contributed by atoms with E-state index in [1.54, 1.807) is 0 Å². The molecule has 6 aromatic rings. The molecule has 0 fully saturated rings. The summed E-state index contributed by atoms with van der Waals surface area (Å²) in [6.07, 6.45) is 2.13. The van der Waals surface area contributed by atoms with Crippen LogP contribution in [-0.2, 0) is 7.05 Å². The maximum atomic E-state index is 7.99. The molecule has 0 aliphatic heterocycles. The van der Waals surface area contributed by atoms with E-state index >= 15 is 0 Å². The molecule has 4 aromatic carbocycles. The molecule has 0 saturated heterocycles. The molecule has 0 aliphatic carbocycles. The summed E-state index contributed by atoms with van der Waals surface area (Å²) in [6.45, 7) is 12.3. The van der Waals surface area contributed by atoms with Gasteiger partial charge in [-0.25, -0.2) is 9.41 Å². The van der Waals surface area contributed by atoms with Crippen molar-refractivity contribution in [2.24, 2.45) is 7.05 Å². The van der Waals surface area contributed by atoms with Crippen LogP contribution in [0.4, 0.5) is 5.69 Å². The van der Waals surface area contributed by atoms with Crippen molar-refractivity contribution in [3.63, 3.8) is 0 Å². The fourth-order valence-electron chi connectivity index (χ4n) is 5.35. The van der Waals surface area contributed by atoms with Crippen molar-refractivity contribution >= 4 is 27.5 Å². The van der Waals surface area contributed by atoms with Crippen LogP contribution in [-0.4, -0.2) is 4.57 Å². The van der Waals surface area contributed by atoms with Crippen molar-refractivity contribution in [2.75, 3.05) is 0 Å². The first-order chi connectivity index (χ1) is 17.6. The van der Waals surface area contributed by atoms with E-state index in [2.05, 4.69) is 108 Å². The van der Waals surface area contributed by atoms with Crippen molar-refractivity contribution < 1.29 is 4.57 Å². The molecule has 172 valence electrons. The van der Waals surface area contributed by atoms with Gasteiger partial charge >= 0.3 is 0 Å². The van der Waals surface area contributed by atoms with Crippen molar-refractivity contribution in [3.05, 3.63) is 126 Å². The lowest BCUT2D eigenvalue weighted by Crippen LogP contribution is -2.30. The van der Waals surface area contributed by atoms with Gasteiger partial charge in [0.05, 0.1) is 23.2 Å². The number of aromatic nitrogens is 2. The molecule has 0 radical (unpaired) electrons. The van der Waals surface area contributed by atoms with Gasteiger partial charge in [-0.3, -0.25) is 0 Å². The Labute approximate surface area is 211 Å². The van der Waals surface area contributed by atoms with Crippen LogP contribution in [0, 0.1) is 20.4 Å². The van der Waals surface area contributed by atoms with E-state index in [0.29, 0.717) is 5.69 Å². The van der Waals surface area contributed by atoms with Gasteiger partial charge in [0.1, 0.15) is 7.05 Å². The molecule has 36 heavy (non-hydrogen) atoms. The van der Waals surface area contributed by atoms with Crippen molar-refractivity contribution in [1.29, 1.82) is 0 Å². The Morgan fingerprint density at radius 2 is 1.36 bits per heavy atom. The van der Waals surface area contributed by atoms with Crippen LogP contribution >= 0.6 is 0 Å². The Hall–Kier alpha value is -4.68. The Morgan fingerprint density at radius 3 is 2.06 bits per heavy atom. The van der Waals surface area contributed by atoms with E-state index < -0.39 is 0 Å². The van der Waals surface area contributed by atoms with E-state index in [9.17, 15) is 0 Å². The van der Waals surface area contributed by atoms with E-state index in [4.69, 9.17) is 6.57 Å². The first-order valence-corrected chi connectivity index (χ1v) is 12.1. The van der Waals surface area contributed by atoms with Gasteiger partial charge in [-0.15, -0.1) is 0 Å². The molecule has 0 saturated carbocycles. The number of pyridine rings is 1. The van der Waals surface area contributed by atoms with Gasteiger partial charge in [0.25, 0.3) is 0 Å². The number of hydrogen-bond acceptors (Lipinski definition) is 0. The molecule has 0 atom stereocenters. The predicted molar refractivity (Wildman–Crippen MR) is 149 cm³/mol. The zero-order valence-electron chi connectivity index (χ0n) is 20.7. The molecule has 2 heterocycles. The number of fused-ring (bicyclic) bond motifs is 3. The second-order valence-corrected chi connectivity index (χ2v) is 9.36. The van der Waals surface area contributed by atoms with Gasteiger partial charge in [-0.05, 0) is 42.7 Å². The molecule has 3 nitrogen and oxygen atoms in total. The lowest BCUT2D eigenvalue weighted by Gasteiger charge is -2.15. The van der Waals surface area contributed by atoms with E-state index in [0.717, 1.165) is 33.2 Å². The molecular weight excluding hydrogens is 438 g/mol. The van der Waals surface area contributed by atoms with Gasteiger partial charge < -0.3 is 4.57 Å². The summed E-state index contributed by atoms with van der Waals surface area (Å²) in [5, 5.41) is 2.33. The Morgan fingerprint density at radius 1 is 0.722 bits per heavy atom. The third kappa shape index (κ3) is 3.31. The second-order valence-electron chi connectivity index (χ2n) is 9.36. The number of para-hydroxylation sites is 1. The minimum atomic E-state index is 0.660. The van der Waals surface area contributed by atoms with Gasteiger partial charge in [-0.1, -0.05) is 72.8 Å². The van der Waals surface area contributed by atoms with Gasteiger partial charge in [-0.2, -0.15) is 0 Å². The molecule has 0 bridgehead atoms. The first kappa shape index (κ1) is 21.8. The SMILES string of the molecule is [C-]#[N+]c1ccc2c3ccc(C)c(-c4cc(C)cc[n+]4C)c3n(-c3ccccc3)c2c1-c1ccccc1. The first-order valence-electron chi connectivity index (χ1n) is 12.1. The van der Waals surface area contributed by atoms with Crippen molar-refractivity contribution in [3.8, 4) is 28.1 Å². The highest BCUT2D eigenvalue weighted by molar-refractivity contribution is 6.19. The van der Waals surface area contributed by atoms with Crippen LogP contribution < -0.4 is 4.57 Å². The lowest BCUT2D eigenvalue weighted by molar-refractivity contribution is -0.660. The molecule has 2 aromatic heterocycles. The second kappa shape index (κ2) is 8.52. The molecule has 3 heteroatoms. The number of hydrogen-bond donors (Lipinski definition) is 0. The summed E-state index contributed by atoms with van der Waals surface area (Å²) in [7, 11) is 2.11. The third-order valence-electron chi connectivity index (χ3n) is 7.04. The number of aryl methyl sites for hydroxylation is 3. The quantitative estimate of drug-likeness (QED) is 0.185. The summed E-state index contributed by atoms with van der Waals surface area (Å²) in [6, 6.07) is 33.8. The zero-order chi connectivity index (χ0) is 24.8. The molecular formula is C33H26N3+. The van der Waals surface area contributed by atoms with Crippen molar-refractivity contribution in [2.45, 2.75) is 13.8 Å². The molecule has 0 amide bonds. The summed E-state index contributed by atoms with van der Waals surface area (Å²) in [5.74, 6) is 0. The maximum Gasteiger partial charge on any atom is 0.214 e. The zero-order valence-corrected chi connectivity index (χ0v) is 20.7. The van der Waals surface area contributed by atoms with Gasteiger partial charge in [0.15, 0.2) is 11.9 Å². The number of nitrogens with zero attached hydrogens (tertiary/aromatic N) is 3. The number of rotatable bonds is 3.